The summed E-state index contributed by atoms with van der Waals surface area (Å²) in [4.78, 5) is 13.0. The number of hydrogen-bond acceptors (Lipinski definition) is 3. The minimum absolute atomic E-state index is 0.693. The summed E-state index contributed by atoms with van der Waals surface area (Å²) in [5.41, 5.74) is 13.5. The van der Waals surface area contributed by atoms with Crippen LogP contribution in [0.3, 0.4) is 0 Å². The summed E-state index contributed by atoms with van der Waals surface area (Å²) in [6.45, 7) is 0. The first-order valence-corrected chi connectivity index (χ1v) is 21.5. The average Bonchev–Trinajstić information content (AvgIpc) is 3.84. The second kappa shape index (κ2) is 13.4. The molecule has 0 N–H and O–H groups in total. The standard InChI is InChI=1S/C56H34N4S/c1-4-15-35(16-5-1)46-34-53(58-56(57-46)36-17-6-2-7-18-36)60-47-24-12-10-21-40(47)41-29-27-37(31-48(41)60)38-28-30-43-49(32-38)59(39-19-8-3-9-20-39)50-33-45-42-22-11-13-25-51(42)61-52-26-14-23-44(54(43)50)55(45)52/h1-34H. The van der Waals surface area contributed by atoms with E-state index in [1.807, 2.05) is 36.0 Å². The Morgan fingerprint density at radius 2 is 0.967 bits per heavy atom. The lowest BCUT2D eigenvalue weighted by Gasteiger charge is -2.21. The smallest absolute Gasteiger partial charge is 0.162 e. The van der Waals surface area contributed by atoms with Crippen molar-refractivity contribution >= 4 is 66.1 Å². The van der Waals surface area contributed by atoms with Gasteiger partial charge < -0.3 is 4.57 Å². The maximum atomic E-state index is 5.30. The molecule has 0 bridgehead atoms. The molecule has 0 spiro atoms. The highest BCUT2D eigenvalue weighted by atomic mass is 32.2. The van der Waals surface area contributed by atoms with Crippen LogP contribution in [0.2, 0.25) is 0 Å². The van der Waals surface area contributed by atoms with Crippen molar-refractivity contribution in [1.29, 1.82) is 0 Å². The van der Waals surface area contributed by atoms with Crippen molar-refractivity contribution in [3.8, 4) is 56.4 Å². The van der Waals surface area contributed by atoms with Gasteiger partial charge in [0.15, 0.2) is 5.82 Å². The topological polar surface area (TPSA) is 35.6 Å². The first-order chi connectivity index (χ1) is 30.2. The van der Waals surface area contributed by atoms with Gasteiger partial charge >= 0.3 is 0 Å². The molecule has 0 atom stereocenters. The third kappa shape index (κ3) is 5.27. The van der Waals surface area contributed by atoms with Crippen LogP contribution in [0.15, 0.2) is 216 Å². The van der Waals surface area contributed by atoms with Crippen molar-refractivity contribution < 1.29 is 0 Å². The molecule has 4 heterocycles. The van der Waals surface area contributed by atoms with Crippen LogP contribution in [0.25, 0.3) is 111 Å². The minimum atomic E-state index is 0.693. The number of rotatable bonds is 5. The van der Waals surface area contributed by atoms with Gasteiger partial charge in [0.05, 0.1) is 27.8 Å². The van der Waals surface area contributed by atoms with Crippen molar-refractivity contribution in [3.63, 3.8) is 0 Å². The van der Waals surface area contributed by atoms with Crippen LogP contribution in [0.4, 0.5) is 0 Å². The largest absolute Gasteiger partial charge is 0.309 e. The Labute approximate surface area is 356 Å². The zero-order chi connectivity index (χ0) is 40.0. The summed E-state index contributed by atoms with van der Waals surface area (Å²) in [6.07, 6.45) is 0. The van der Waals surface area contributed by atoms with Crippen molar-refractivity contribution in [2.24, 2.45) is 0 Å². The molecule has 1 aliphatic heterocycles. The molecule has 61 heavy (non-hydrogen) atoms. The van der Waals surface area contributed by atoms with Gasteiger partial charge in [0.1, 0.15) is 5.82 Å². The molecule has 13 rings (SSSR count). The number of hydrogen-bond donors (Lipinski definition) is 0. The Balaban J connectivity index is 1.06. The molecule has 0 fully saturated rings. The summed E-state index contributed by atoms with van der Waals surface area (Å²) in [6, 6.07) is 74.3. The highest BCUT2D eigenvalue weighted by molar-refractivity contribution is 7.99. The van der Waals surface area contributed by atoms with Gasteiger partial charge in [0, 0.05) is 59.6 Å². The van der Waals surface area contributed by atoms with E-state index in [9.17, 15) is 0 Å². The fourth-order valence-corrected chi connectivity index (χ4v) is 10.7. The molecule has 0 saturated carbocycles. The van der Waals surface area contributed by atoms with E-state index in [4.69, 9.17) is 9.97 Å². The molecule has 0 unspecified atom stereocenters. The molecule has 1 aliphatic rings. The quantitative estimate of drug-likeness (QED) is 0.174. The van der Waals surface area contributed by atoms with E-state index >= 15 is 0 Å². The average molecular weight is 795 g/mol. The fraction of sp³-hybridized carbons (Fsp3) is 0. The zero-order valence-corrected chi connectivity index (χ0v) is 33.6. The maximum absolute atomic E-state index is 5.30. The normalized spacial score (nSPS) is 12.2. The maximum Gasteiger partial charge on any atom is 0.162 e. The van der Waals surface area contributed by atoms with Gasteiger partial charge in [0.25, 0.3) is 0 Å². The van der Waals surface area contributed by atoms with Gasteiger partial charge in [-0.25, -0.2) is 9.97 Å². The molecule has 0 amide bonds. The summed E-state index contributed by atoms with van der Waals surface area (Å²) in [5, 5.41) is 7.52. The molecular weight excluding hydrogens is 761 g/mol. The van der Waals surface area contributed by atoms with Crippen LogP contribution < -0.4 is 0 Å². The fourth-order valence-electron chi connectivity index (χ4n) is 9.60. The Kier molecular flexibility index (Phi) is 7.50. The number of para-hydroxylation sites is 2. The second-order valence-electron chi connectivity index (χ2n) is 15.7. The van der Waals surface area contributed by atoms with E-state index in [0.29, 0.717) is 5.82 Å². The molecule has 0 radical (unpaired) electrons. The molecule has 9 aromatic carbocycles. The Morgan fingerprint density at radius 3 is 1.77 bits per heavy atom. The molecule has 5 heteroatoms. The highest BCUT2D eigenvalue weighted by Gasteiger charge is 2.25. The van der Waals surface area contributed by atoms with E-state index in [2.05, 4.69) is 191 Å². The first-order valence-electron chi connectivity index (χ1n) is 20.7. The minimum Gasteiger partial charge on any atom is -0.309 e. The second-order valence-corrected chi connectivity index (χ2v) is 16.8. The Hall–Kier alpha value is -7.73. The Bertz CT molecular complexity index is 3660. The number of benzene rings is 9. The van der Waals surface area contributed by atoms with Gasteiger partial charge in [-0.3, -0.25) is 4.57 Å². The Morgan fingerprint density at radius 1 is 0.344 bits per heavy atom. The summed E-state index contributed by atoms with van der Waals surface area (Å²) < 4.78 is 4.78. The van der Waals surface area contributed by atoms with Crippen LogP contribution in [0.5, 0.6) is 0 Å². The van der Waals surface area contributed by atoms with Crippen LogP contribution in [-0.4, -0.2) is 19.1 Å². The molecule has 284 valence electrons. The monoisotopic (exact) mass is 794 g/mol. The van der Waals surface area contributed by atoms with Gasteiger partial charge in [-0.1, -0.05) is 163 Å². The van der Waals surface area contributed by atoms with Gasteiger partial charge in [0.2, 0.25) is 0 Å². The first kappa shape index (κ1) is 34.2. The van der Waals surface area contributed by atoms with Crippen molar-refractivity contribution in [2.45, 2.75) is 9.79 Å². The van der Waals surface area contributed by atoms with E-state index in [1.165, 1.54) is 64.3 Å². The zero-order valence-electron chi connectivity index (χ0n) is 32.8. The van der Waals surface area contributed by atoms with Crippen molar-refractivity contribution in [2.75, 3.05) is 0 Å². The van der Waals surface area contributed by atoms with Crippen LogP contribution in [0, 0.1) is 0 Å². The third-order valence-corrected chi connectivity index (χ3v) is 13.4. The lowest BCUT2D eigenvalue weighted by Crippen LogP contribution is -2.02. The number of nitrogens with zero attached hydrogens (tertiary/aromatic N) is 4. The lowest BCUT2D eigenvalue weighted by molar-refractivity contribution is 1.05. The molecule has 0 saturated heterocycles. The van der Waals surface area contributed by atoms with E-state index in [-0.39, 0.29) is 0 Å². The van der Waals surface area contributed by atoms with Crippen molar-refractivity contribution in [3.05, 3.63) is 206 Å². The summed E-state index contributed by atoms with van der Waals surface area (Å²) in [7, 11) is 0. The van der Waals surface area contributed by atoms with Gasteiger partial charge in [-0.05, 0) is 76.2 Å². The van der Waals surface area contributed by atoms with Crippen LogP contribution >= 0.6 is 11.8 Å². The van der Waals surface area contributed by atoms with Gasteiger partial charge in [-0.2, -0.15) is 0 Å². The molecule has 12 aromatic rings. The van der Waals surface area contributed by atoms with E-state index < -0.39 is 0 Å². The predicted octanol–water partition coefficient (Wildman–Crippen LogP) is 15.0. The van der Waals surface area contributed by atoms with Crippen molar-refractivity contribution in [1.82, 2.24) is 19.1 Å². The molecule has 3 aromatic heterocycles. The molecular formula is C56H34N4S. The summed E-state index contributed by atoms with van der Waals surface area (Å²) in [5.74, 6) is 1.52. The summed E-state index contributed by atoms with van der Waals surface area (Å²) >= 11 is 1.88. The van der Waals surface area contributed by atoms with E-state index in [1.54, 1.807) is 0 Å². The van der Waals surface area contributed by atoms with E-state index in [0.717, 1.165) is 50.5 Å². The highest BCUT2D eigenvalue weighted by Crippen LogP contribution is 2.51. The predicted molar refractivity (Wildman–Crippen MR) is 254 cm³/mol. The third-order valence-electron chi connectivity index (χ3n) is 12.3. The molecule has 4 nitrogen and oxygen atoms in total. The lowest BCUT2D eigenvalue weighted by atomic mass is 9.94. The molecule has 0 aliphatic carbocycles. The SMILES string of the molecule is c1ccc(-c2cc(-n3c4ccccc4c4ccc(-c5ccc6c7c8cccc9c8c(cc7n(-c7ccccc7)c6c5)-c5ccccc5S9)cc43)nc(-c3ccccc3)n2)cc1. The van der Waals surface area contributed by atoms with Crippen LogP contribution in [-0.2, 0) is 0 Å². The van der Waals surface area contributed by atoms with Crippen LogP contribution in [0.1, 0.15) is 0 Å². The number of aromatic nitrogens is 4. The van der Waals surface area contributed by atoms with Gasteiger partial charge in [-0.15, -0.1) is 0 Å². The number of fused-ring (bicyclic) bond motifs is 9.